The smallest absolute Gasteiger partial charge is 0.311 e. The van der Waals surface area contributed by atoms with Crippen LogP contribution in [0.25, 0.3) is 0 Å². The molecule has 0 N–H and O–H groups in total. The van der Waals surface area contributed by atoms with Gasteiger partial charge >= 0.3 is 5.97 Å². The first-order chi connectivity index (χ1) is 6.70. The number of carbonyl (C=O) groups is 1. The summed E-state index contributed by atoms with van der Waals surface area (Å²) in [6.07, 6.45) is 1.18. The maximum absolute atomic E-state index is 11.0. The lowest BCUT2D eigenvalue weighted by molar-refractivity contribution is -0.135. The van der Waals surface area contributed by atoms with E-state index in [9.17, 15) is 4.79 Å². The Balaban J connectivity index is 2.46. The van der Waals surface area contributed by atoms with Gasteiger partial charge in [-0.25, -0.2) is 0 Å². The van der Waals surface area contributed by atoms with Gasteiger partial charge in [0.25, 0.3) is 0 Å². The molecule has 0 bridgehead atoms. The Labute approximate surface area is 90.1 Å². The molecular formula is C10H9BrO3. The van der Waals surface area contributed by atoms with Crippen molar-refractivity contribution in [3.63, 3.8) is 0 Å². The van der Waals surface area contributed by atoms with E-state index < -0.39 is 0 Å². The second kappa shape index (κ2) is 3.61. The number of carbonyl (C=O) groups excluding carboxylic acids is 1. The van der Waals surface area contributed by atoms with Crippen molar-refractivity contribution >= 4 is 21.9 Å². The summed E-state index contributed by atoms with van der Waals surface area (Å²) in [7, 11) is 1.58. The molecule has 0 saturated carbocycles. The third-order valence-corrected chi connectivity index (χ3v) is 2.78. The van der Waals surface area contributed by atoms with Gasteiger partial charge in [0.1, 0.15) is 11.5 Å². The summed E-state index contributed by atoms with van der Waals surface area (Å²) in [4.78, 5) is 11.0. The molecule has 0 atom stereocenters. The van der Waals surface area contributed by atoms with Gasteiger partial charge < -0.3 is 9.47 Å². The highest BCUT2D eigenvalue weighted by Gasteiger charge is 2.19. The van der Waals surface area contributed by atoms with Crippen LogP contribution >= 0.6 is 15.9 Å². The minimum atomic E-state index is -0.179. The molecule has 0 unspecified atom stereocenters. The van der Waals surface area contributed by atoms with Crippen LogP contribution in [-0.2, 0) is 11.2 Å². The van der Waals surface area contributed by atoms with Crippen LogP contribution in [0, 0.1) is 0 Å². The monoisotopic (exact) mass is 256 g/mol. The first-order valence-electron chi connectivity index (χ1n) is 4.28. The molecule has 0 aromatic heterocycles. The Bertz CT molecular complexity index is 387. The summed E-state index contributed by atoms with van der Waals surface area (Å²) >= 11 is 3.39. The Morgan fingerprint density at radius 1 is 1.43 bits per heavy atom. The number of hydrogen-bond donors (Lipinski definition) is 0. The number of halogens is 1. The molecule has 4 heteroatoms. The fraction of sp³-hybridized carbons (Fsp3) is 0.300. The van der Waals surface area contributed by atoms with Crippen LogP contribution in [0.1, 0.15) is 12.0 Å². The molecule has 2 rings (SSSR count). The van der Waals surface area contributed by atoms with Crippen LogP contribution in [0.3, 0.4) is 0 Å². The average Bonchev–Trinajstić information content (AvgIpc) is 2.17. The number of ether oxygens (including phenoxy) is 2. The van der Waals surface area contributed by atoms with Crippen molar-refractivity contribution in [2.75, 3.05) is 7.11 Å². The van der Waals surface area contributed by atoms with Crippen molar-refractivity contribution in [2.45, 2.75) is 12.8 Å². The number of methoxy groups -OCH3 is 1. The maximum atomic E-state index is 11.0. The molecule has 0 saturated heterocycles. The Hall–Kier alpha value is -1.03. The fourth-order valence-corrected chi connectivity index (χ4v) is 1.99. The molecule has 14 heavy (non-hydrogen) atoms. The zero-order valence-corrected chi connectivity index (χ0v) is 9.26. The van der Waals surface area contributed by atoms with Gasteiger partial charge in [0.2, 0.25) is 0 Å². The predicted molar refractivity (Wildman–Crippen MR) is 54.7 cm³/mol. The third kappa shape index (κ3) is 1.62. The normalized spacial score (nSPS) is 14.6. The third-order valence-electron chi connectivity index (χ3n) is 2.16. The Kier molecular flexibility index (Phi) is 2.46. The van der Waals surface area contributed by atoms with Crippen molar-refractivity contribution in [1.29, 1.82) is 0 Å². The summed E-state index contributed by atoms with van der Waals surface area (Å²) in [6, 6.07) is 3.66. The lowest BCUT2D eigenvalue weighted by atomic mass is 10.1. The number of rotatable bonds is 1. The minimum Gasteiger partial charge on any atom is -0.495 e. The standard InChI is InChI=1S/C10H9BrO3/c1-13-9-5-8-6(4-7(9)11)2-3-10(12)14-8/h4-5H,2-3H2,1H3. The number of benzene rings is 1. The lowest BCUT2D eigenvalue weighted by Gasteiger charge is -2.16. The number of aryl methyl sites for hydroxylation is 1. The van der Waals surface area contributed by atoms with Crippen molar-refractivity contribution < 1.29 is 14.3 Å². The number of esters is 1. The SMILES string of the molecule is COc1cc2c(cc1Br)CCC(=O)O2. The average molecular weight is 257 g/mol. The summed E-state index contributed by atoms with van der Waals surface area (Å²) in [6.45, 7) is 0. The highest BCUT2D eigenvalue weighted by atomic mass is 79.9. The van der Waals surface area contributed by atoms with Crippen LogP contribution in [0.4, 0.5) is 0 Å². The van der Waals surface area contributed by atoms with Crippen LogP contribution in [0.5, 0.6) is 11.5 Å². The fourth-order valence-electron chi connectivity index (χ4n) is 1.43. The Morgan fingerprint density at radius 3 is 2.93 bits per heavy atom. The molecule has 0 spiro atoms. The molecule has 1 aliphatic heterocycles. The summed E-state index contributed by atoms with van der Waals surface area (Å²) in [5, 5.41) is 0. The predicted octanol–water partition coefficient (Wildman–Crippen LogP) is 2.31. The lowest BCUT2D eigenvalue weighted by Crippen LogP contribution is -2.15. The maximum Gasteiger partial charge on any atom is 0.311 e. The molecule has 0 fully saturated rings. The molecule has 0 amide bonds. The van der Waals surface area contributed by atoms with Crippen LogP contribution < -0.4 is 9.47 Å². The van der Waals surface area contributed by atoms with E-state index in [-0.39, 0.29) is 5.97 Å². The van der Waals surface area contributed by atoms with Gasteiger partial charge in [-0.1, -0.05) is 0 Å². The van der Waals surface area contributed by atoms with Gasteiger partial charge in [-0.15, -0.1) is 0 Å². The molecule has 1 aromatic carbocycles. The minimum absolute atomic E-state index is 0.179. The summed E-state index contributed by atoms with van der Waals surface area (Å²) in [5.74, 6) is 1.11. The highest BCUT2D eigenvalue weighted by Crippen LogP contribution is 2.35. The first kappa shape index (κ1) is 9.52. The second-order valence-electron chi connectivity index (χ2n) is 3.07. The van der Waals surface area contributed by atoms with Crippen molar-refractivity contribution in [1.82, 2.24) is 0 Å². The van der Waals surface area contributed by atoms with Crippen molar-refractivity contribution in [2.24, 2.45) is 0 Å². The van der Waals surface area contributed by atoms with Gasteiger partial charge in [0.05, 0.1) is 18.0 Å². The van der Waals surface area contributed by atoms with Crippen molar-refractivity contribution in [3.05, 3.63) is 22.2 Å². The molecule has 0 radical (unpaired) electrons. The second-order valence-corrected chi connectivity index (χ2v) is 3.92. The van der Waals surface area contributed by atoms with E-state index in [2.05, 4.69) is 15.9 Å². The summed E-state index contributed by atoms with van der Waals surface area (Å²) < 4.78 is 11.1. The van der Waals surface area contributed by atoms with Crippen LogP contribution in [0.15, 0.2) is 16.6 Å². The van der Waals surface area contributed by atoms with E-state index in [0.29, 0.717) is 17.9 Å². The van der Waals surface area contributed by atoms with E-state index in [1.54, 1.807) is 13.2 Å². The highest BCUT2D eigenvalue weighted by molar-refractivity contribution is 9.10. The van der Waals surface area contributed by atoms with E-state index in [1.807, 2.05) is 6.07 Å². The molecule has 74 valence electrons. The van der Waals surface area contributed by atoms with E-state index >= 15 is 0 Å². The largest absolute Gasteiger partial charge is 0.495 e. The molecule has 0 aliphatic carbocycles. The quantitative estimate of drug-likeness (QED) is 0.572. The van der Waals surface area contributed by atoms with E-state index in [4.69, 9.17) is 9.47 Å². The molecule has 1 heterocycles. The van der Waals surface area contributed by atoms with E-state index in [0.717, 1.165) is 16.5 Å². The van der Waals surface area contributed by atoms with Crippen molar-refractivity contribution in [3.8, 4) is 11.5 Å². The van der Waals surface area contributed by atoms with E-state index in [1.165, 1.54) is 0 Å². The zero-order valence-electron chi connectivity index (χ0n) is 7.67. The van der Waals surface area contributed by atoms with Gasteiger partial charge in [-0.05, 0) is 34.0 Å². The molecule has 3 nitrogen and oxygen atoms in total. The molecular weight excluding hydrogens is 248 g/mol. The molecule has 1 aliphatic rings. The van der Waals surface area contributed by atoms with Gasteiger partial charge in [0.15, 0.2) is 0 Å². The van der Waals surface area contributed by atoms with Crippen LogP contribution in [0.2, 0.25) is 0 Å². The Morgan fingerprint density at radius 2 is 2.21 bits per heavy atom. The zero-order chi connectivity index (χ0) is 10.1. The van der Waals surface area contributed by atoms with Gasteiger partial charge in [0, 0.05) is 6.07 Å². The molecule has 1 aromatic rings. The van der Waals surface area contributed by atoms with Gasteiger partial charge in [-0.3, -0.25) is 4.79 Å². The van der Waals surface area contributed by atoms with Crippen LogP contribution in [-0.4, -0.2) is 13.1 Å². The van der Waals surface area contributed by atoms with Gasteiger partial charge in [-0.2, -0.15) is 0 Å². The first-order valence-corrected chi connectivity index (χ1v) is 5.07. The summed E-state index contributed by atoms with van der Waals surface area (Å²) in [5.41, 5.74) is 1.04. The topological polar surface area (TPSA) is 35.5 Å². The number of hydrogen-bond acceptors (Lipinski definition) is 3. The number of fused-ring (bicyclic) bond motifs is 1.